The molecule has 4 heteroatoms. The van der Waals surface area contributed by atoms with E-state index in [1.165, 1.54) is 196 Å². The van der Waals surface area contributed by atoms with Gasteiger partial charge in [-0.25, -0.2) is 0 Å². The van der Waals surface area contributed by atoms with Crippen molar-refractivity contribution < 1.29 is 0 Å². The highest BCUT2D eigenvalue weighted by molar-refractivity contribution is 7.26. The molecule has 2 aliphatic carbocycles. The van der Waals surface area contributed by atoms with Crippen LogP contribution in [-0.4, -0.2) is 0 Å². The summed E-state index contributed by atoms with van der Waals surface area (Å²) in [5.41, 5.74) is 41.4. The van der Waals surface area contributed by atoms with Gasteiger partial charge in [-0.3, -0.25) is 0 Å². The third-order valence-corrected chi connectivity index (χ3v) is 29.3. The molecule has 616 valence electrons. The van der Waals surface area contributed by atoms with Crippen molar-refractivity contribution in [1.29, 1.82) is 0 Å². The number of benzene rings is 20. The minimum atomic E-state index is -0.179. The Kier molecular flexibility index (Phi) is 20.1. The van der Waals surface area contributed by atoms with Crippen LogP contribution < -0.4 is 9.80 Å². The number of hydrogen-bond acceptors (Lipinski definition) is 4. The molecule has 0 unspecified atom stereocenters. The van der Waals surface area contributed by atoms with Crippen LogP contribution in [0.2, 0.25) is 0 Å². The summed E-state index contributed by atoms with van der Waals surface area (Å²) < 4.78 is 5.33. The molecule has 0 N–H and O–H groups in total. The van der Waals surface area contributed by atoms with E-state index in [4.69, 9.17) is 0 Å². The first-order valence-corrected chi connectivity index (χ1v) is 46.6. The number of rotatable bonds is 16. The molecule has 22 aromatic rings. The minimum absolute atomic E-state index is 0.177. The average Bonchev–Trinajstić information content (AvgIpc) is 1.57. The lowest BCUT2D eigenvalue weighted by Gasteiger charge is -2.28. The summed E-state index contributed by atoms with van der Waals surface area (Å²) in [6.45, 7) is 9.51. The van der Waals surface area contributed by atoms with Gasteiger partial charge in [0.15, 0.2) is 0 Å². The van der Waals surface area contributed by atoms with Crippen LogP contribution in [0.5, 0.6) is 0 Å². The van der Waals surface area contributed by atoms with Crippen LogP contribution in [0.3, 0.4) is 0 Å². The van der Waals surface area contributed by atoms with Crippen molar-refractivity contribution in [2.45, 2.75) is 38.5 Å². The van der Waals surface area contributed by atoms with E-state index in [9.17, 15) is 0 Å². The smallest absolute Gasteiger partial charge is 0.0465 e. The van der Waals surface area contributed by atoms with Crippen LogP contribution >= 0.6 is 22.7 Å². The van der Waals surface area contributed by atoms with Crippen LogP contribution in [0, 0.1) is 0 Å². The summed E-state index contributed by atoms with van der Waals surface area (Å²) in [5, 5.41) is 5.31. The summed E-state index contributed by atoms with van der Waals surface area (Å²) >= 11 is 3.73. The number of hydrogen-bond donors (Lipinski definition) is 0. The maximum absolute atomic E-state index is 2.43. The number of fused-ring (bicyclic) bond motifs is 12. The van der Waals surface area contributed by atoms with Crippen LogP contribution in [0.15, 0.2) is 473 Å². The van der Waals surface area contributed by atoms with Crippen molar-refractivity contribution in [2.24, 2.45) is 0 Å². The molecule has 2 nitrogen and oxygen atoms in total. The van der Waals surface area contributed by atoms with Gasteiger partial charge < -0.3 is 9.80 Å². The molecule has 2 aliphatic rings. The van der Waals surface area contributed by atoms with E-state index in [0.29, 0.717) is 0 Å². The van der Waals surface area contributed by atoms with E-state index in [0.717, 1.165) is 34.1 Å². The van der Waals surface area contributed by atoms with Crippen molar-refractivity contribution in [3.63, 3.8) is 0 Å². The van der Waals surface area contributed by atoms with Gasteiger partial charge in [-0.1, -0.05) is 373 Å². The maximum Gasteiger partial charge on any atom is 0.0465 e. The summed E-state index contributed by atoms with van der Waals surface area (Å²) in [4.78, 5) is 4.83. The highest BCUT2D eigenvalue weighted by Crippen LogP contribution is 2.55. The first-order chi connectivity index (χ1) is 63.9. The number of nitrogens with zero attached hydrogens (tertiary/aromatic N) is 2. The third-order valence-electron chi connectivity index (χ3n) is 27.0. The second-order valence-electron chi connectivity index (χ2n) is 35.5. The Morgan fingerprint density at radius 1 is 0.146 bits per heavy atom. The summed E-state index contributed by atoms with van der Waals surface area (Å²) in [7, 11) is 0. The van der Waals surface area contributed by atoms with Gasteiger partial charge in [0.1, 0.15) is 0 Å². The van der Waals surface area contributed by atoms with Crippen molar-refractivity contribution in [3.05, 3.63) is 495 Å². The SMILES string of the molecule is CC1(C)c2cc(-c3ccccc3)ccc2-c2ccc(N(c3ccc(-c4ccc(-c5ccc6sc7ccccc7c6c5)cc4)cc3)c3ccc(-c4cccc(-c5ccccc5)c4)cc3)cc21.CC1(C)c2cc(-c3ccccc3)ccc2-c2ccc(N(c3ccc(-c4ccc(-c5ccc6sc7ccccc7c6c5)cc4)cc3)c3ccc(-c4ccccc4-c4ccccc4)cc3)cc21. The second kappa shape index (κ2) is 33.0. The molecule has 2 aromatic heterocycles. The van der Waals surface area contributed by atoms with Gasteiger partial charge in [-0.2, -0.15) is 0 Å². The molecule has 0 aliphatic heterocycles. The van der Waals surface area contributed by atoms with Crippen LogP contribution in [0.4, 0.5) is 34.1 Å². The predicted molar refractivity (Wildman–Crippen MR) is 558 cm³/mol. The van der Waals surface area contributed by atoms with Gasteiger partial charge in [0.2, 0.25) is 0 Å². The van der Waals surface area contributed by atoms with Crippen molar-refractivity contribution >= 4 is 97.1 Å². The fraction of sp³-hybridized carbons (Fsp3) is 0.0476. The quantitative estimate of drug-likeness (QED) is 0.0951. The second-order valence-corrected chi connectivity index (χ2v) is 37.6. The Balaban J connectivity index is 0.000000148. The zero-order valence-electron chi connectivity index (χ0n) is 72.7. The Hall–Kier alpha value is -15.6. The van der Waals surface area contributed by atoms with E-state index in [-0.39, 0.29) is 10.8 Å². The lowest BCUT2D eigenvalue weighted by molar-refractivity contribution is 0.660. The lowest BCUT2D eigenvalue weighted by atomic mass is 9.81. The topological polar surface area (TPSA) is 6.48 Å². The third kappa shape index (κ3) is 14.6. The molecule has 0 radical (unpaired) electrons. The Morgan fingerprint density at radius 3 is 0.731 bits per heavy atom. The van der Waals surface area contributed by atoms with Crippen molar-refractivity contribution in [2.75, 3.05) is 9.80 Å². The molecule has 0 saturated carbocycles. The molecule has 0 spiro atoms. The predicted octanol–water partition coefficient (Wildman–Crippen LogP) is 36.3. The molecule has 0 saturated heterocycles. The molecular weight excluding hydrogens is 1610 g/mol. The van der Waals surface area contributed by atoms with E-state index in [1.807, 2.05) is 22.7 Å². The summed E-state index contributed by atoms with van der Waals surface area (Å²) in [6.07, 6.45) is 0. The van der Waals surface area contributed by atoms with Gasteiger partial charge in [0.05, 0.1) is 0 Å². The highest BCUT2D eigenvalue weighted by atomic mass is 32.1. The highest BCUT2D eigenvalue weighted by Gasteiger charge is 2.38. The zero-order chi connectivity index (χ0) is 87.0. The molecule has 24 rings (SSSR count). The Bertz CT molecular complexity index is 8010. The summed E-state index contributed by atoms with van der Waals surface area (Å²) in [6, 6.07) is 174. The number of anilines is 6. The monoisotopic (exact) mass is 1690 g/mol. The standard InChI is InChI=1S/2C63H45NS/c1-63(2)59-40-49(42-13-5-3-6-14-42)29-36-55(59)56-37-35-52(41-60(56)63)64(51-33-27-47(28-34-51)54-18-10-9-17-53(54)46-15-7-4-8-16-46)50-31-25-44(26-32-50)43-21-23-45(24-22-43)48-30-38-62-58(39-48)57-19-11-12-20-61(57)65-62;1-63(2)59-40-51(43-14-7-4-8-15-43)28-35-55(59)56-36-34-54(41-60(56)63)64(53-32-26-47(27-33-53)49-17-11-16-48(38-49)42-12-5-3-6-13-42)52-30-24-45(25-31-52)44-20-22-46(23-21-44)50-29-37-62-58(39-50)57-18-9-10-19-61(57)65-62/h2*3-41H,1-2H3. The summed E-state index contributed by atoms with van der Waals surface area (Å²) in [5.74, 6) is 0. The van der Waals surface area contributed by atoms with Gasteiger partial charge in [-0.05, 0) is 283 Å². The largest absolute Gasteiger partial charge is 0.310 e. The first kappa shape index (κ1) is 79.1. The molecule has 2 heterocycles. The van der Waals surface area contributed by atoms with E-state index in [2.05, 4.69) is 511 Å². The molecule has 0 bridgehead atoms. The van der Waals surface area contributed by atoms with E-state index >= 15 is 0 Å². The zero-order valence-corrected chi connectivity index (χ0v) is 74.4. The molecule has 20 aromatic carbocycles. The average molecular weight is 1700 g/mol. The molecular formula is C126H90N2S2. The molecule has 130 heavy (non-hydrogen) atoms. The molecule has 0 fully saturated rings. The molecule has 0 amide bonds. The van der Waals surface area contributed by atoms with Crippen LogP contribution in [-0.2, 0) is 10.8 Å². The van der Waals surface area contributed by atoms with Crippen molar-refractivity contribution in [1.82, 2.24) is 0 Å². The van der Waals surface area contributed by atoms with Crippen LogP contribution in [0.25, 0.3) is 174 Å². The van der Waals surface area contributed by atoms with E-state index in [1.54, 1.807) is 0 Å². The van der Waals surface area contributed by atoms with Gasteiger partial charge >= 0.3 is 0 Å². The fourth-order valence-electron chi connectivity index (χ4n) is 20.1. The van der Waals surface area contributed by atoms with Crippen LogP contribution in [0.1, 0.15) is 49.9 Å². The van der Waals surface area contributed by atoms with Gasteiger partial charge in [0, 0.05) is 85.3 Å². The molecule has 0 atom stereocenters. The maximum atomic E-state index is 2.43. The van der Waals surface area contributed by atoms with E-state index < -0.39 is 0 Å². The Labute approximate surface area is 768 Å². The van der Waals surface area contributed by atoms with Crippen molar-refractivity contribution in [3.8, 4) is 134 Å². The normalized spacial score (nSPS) is 12.6. The number of thiophene rings is 2. The Morgan fingerprint density at radius 2 is 0.369 bits per heavy atom. The fourth-order valence-corrected chi connectivity index (χ4v) is 22.3. The first-order valence-electron chi connectivity index (χ1n) is 45.0. The van der Waals surface area contributed by atoms with Gasteiger partial charge in [-0.15, -0.1) is 22.7 Å². The van der Waals surface area contributed by atoms with Gasteiger partial charge in [0.25, 0.3) is 0 Å². The lowest BCUT2D eigenvalue weighted by Crippen LogP contribution is -2.16. The minimum Gasteiger partial charge on any atom is -0.310 e.